The van der Waals surface area contributed by atoms with E-state index in [1.165, 1.54) is 10.9 Å². The molecule has 8 nitrogen and oxygen atoms in total. The molecule has 2 rings (SSSR count). The molecule has 21 heavy (non-hydrogen) atoms. The average Bonchev–Trinajstić information content (AvgIpc) is 2.88. The minimum absolute atomic E-state index is 0.00328. The zero-order valence-electron chi connectivity index (χ0n) is 12.4. The number of nitrogens with two attached hydrogens (primary N) is 1. The molecule has 9 heteroatoms. The van der Waals surface area contributed by atoms with Gasteiger partial charge in [-0.15, -0.1) is 0 Å². The molecule has 0 bridgehead atoms. The third kappa shape index (κ3) is 3.42. The maximum atomic E-state index is 12.1. The van der Waals surface area contributed by atoms with Gasteiger partial charge in [-0.25, -0.2) is 18.1 Å². The number of nitrogens with one attached hydrogen (secondary N) is 1. The van der Waals surface area contributed by atoms with Gasteiger partial charge >= 0.3 is 0 Å². The van der Waals surface area contributed by atoms with Crippen molar-refractivity contribution >= 4 is 15.8 Å². The van der Waals surface area contributed by atoms with Crippen molar-refractivity contribution in [3.05, 3.63) is 23.8 Å². The van der Waals surface area contributed by atoms with Gasteiger partial charge < -0.3 is 10.3 Å². The fourth-order valence-corrected chi connectivity index (χ4v) is 3.47. The highest BCUT2D eigenvalue weighted by molar-refractivity contribution is 7.89. The molecule has 3 N–H and O–H groups in total. The van der Waals surface area contributed by atoms with Gasteiger partial charge in [0.25, 0.3) is 10.0 Å². The Bertz CT molecular complexity index is 712. The second kappa shape index (κ2) is 5.86. The summed E-state index contributed by atoms with van der Waals surface area (Å²) in [4.78, 5) is 3.78. The summed E-state index contributed by atoms with van der Waals surface area (Å²) in [5, 5.41) is 4.32. The standard InChI is InChI=1S/C12H20N6O2S/c1-9-7-10(2)18(16-9)6-4-5-15-21(19,20)12-11(13)14-8-17(12)3/h7-8,15H,4-6,13H2,1-3H3. The molecule has 0 aromatic carbocycles. The molecule has 0 aliphatic carbocycles. The van der Waals surface area contributed by atoms with Crippen molar-refractivity contribution in [1.29, 1.82) is 0 Å². The van der Waals surface area contributed by atoms with E-state index in [1.54, 1.807) is 7.05 Å². The van der Waals surface area contributed by atoms with Gasteiger partial charge in [-0.05, 0) is 26.3 Å². The average molecular weight is 312 g/mol. The smallest absolute Gasteiger partial charge is 0.260 e. The van der Waals surface area contributed by atoms with Gasteiger partial charge in [0.1, 0.15) is 0 Å². The molecule has 0 radical (unpaired) electrons. The molecule has 0 amide bonds. The lowest BCUT2D eigenvalue weighted by molar-refractivity contribution is 0.540. The minimum atomic E-state index is -3.64. The second-order valence-electron chi connectivity index (χ2n) is 4.95. The maximum Gasteiger partial charge on any atom is 0.260 e. The Morgan fingerprint density at radius 1 is 1.38 bits per heavy atom. The predicted molar refractivity (Wildman–Crippen MR) is 79.1 cm³/mol. The van der Waals surface area contributed by atoms with Crippen LogP contribution < -0.4 is 10.5 Å². The van der Waals surface area contributed by atoms with Crippen molar-refractivity contribution in [2.24, 2.45) is 7.05 Å². The van der Waals surface area contributed by atoms with Crippen LogP contribution in [0.5, 0.6) is 0 Å². The summed E-state index contributed by atoms with van der Waals surface area (Å²) in [6.45, 7) is 4.87. The summed E-state index contributed by atoms with van der Waals surface area (Å²) in [6, 6.07) is 1.99. The third-order valence-electron chi connectivity index (χ3n) is 3.11. The monoisotopic (exact) mass is 312 g/mol. The van der Waals surface area contributed by atoms with Crippen molar-refractivity contribution in [2.45, 2.75) is 31.8 Å². The van der Waals surface area contributed by atoms with Crippen LogP contribution in [0.3, 0.4) is 0 Å². The predicted octanol–water partition coefficient (Wildman–Crippen LogP) is 0.184. The van der Waals surface area contributed by atoms with Gasteiger partial charge in [-0.2, -0.15) is 5.10 Å². The SMILES string of the molecule is Cc1cc(C)n(CCCNS(=O)(=O)c2c(N)ncn2C)n1. The summed E-state index contributed by atoms with van der Waals surface area (Å²) >= 11 is 0. The first kappa shape index (κ1) is 15.5. The van der Waals surface area contributed by atoms with E-state index < -0.39 is 10.0 Å². The first-order valence-electron chi connectivity index (χ1n) is 6.59. The van der Waals surface area contributed by atoms with Gasteiger partial charge in [-0.1, -0.05) is 0 Å². The van der Waals surface area contributed by atoms with Crippen LogP contribution in [-0.4, -0.2) is 34.3 Å². The molecule has 0 saturated carbocycles. The summed E-state index contributed by atoms with van der Waals surface area (Å²) in [5.74, 6) is 0.00328. The number of nitrogen functional groups attached to an aromatic ring is 1. The molecule has 0 fully saturated rings. The van der Waals surface area contributed by atoms with Crippen LogP contribution in [-0.2, 0) is 23.6 Å². The number of hydrogen-bond acceptors (Lipinski definition) is 5. The Morgan fingerprint density at radius 3 is 2.62 bits per heavy atom. The van der Waals surface area contributed by atoms with Crippen LogP contribution in [0.2, 0.25) is 0 Å². The van der Waals surface area contributed by atoms with Crippen molar-refractivity contribution < 1.29 is 8.42 Å². The minimum Gasteiger partial charge on any atom is -0.381 e. The highest BCUT2D eigenvalue weighted by atomic mass is 32.2. The van der Waals surface area contributed by atoms with Crippen molar-refractivity contribution in [3.8, 4) is 0 Å². The molecule has 2 aromatic rings. The van der Waals surface area contributed by atoms with Crippen molar-refractivity contribution in [3.63, 3.8) is 0 Å². The molecule has 2 aromatic heterocycles. The van der Waals surface area contributed by atoms with E-state index in [0.717, 1.165) is 11.4 Å². The van der Waals surface area contributed by atoms with Gasteiger partial charge in [0, 0.05) is 25.8 Å². The molecule has 0 saturated heterocycles. The Balaban J connectivity index is 1.93. The van der Waals surface area contributed by atoms with Crippen LogP contribution in [0.4, 0.5) is 5.82 Å². The van der Waals surface area contributed by atoms with Crippen molar-refractivity contribution in [2.75, 3.05) is 12.3 Å². The first-order chi connectivity index (χ1) is 9.81. The van der Waals surface area contributed by atoms with Crippen LogP contribution in [0.15, 0.2) is 17.4 Å². The largest absolute Gasteiger partial charge is 0.381 e. The Kier molecular flexibility index (Phi) is 4.33. The summed E-state index contributed by atoms with van der Waals surface area (Å²) in [5.41, 5.74) is 7.60. The first-order valence-corrected chi connectivity index (χ1v) is 8.07. The molecule has 0 spiro atoms. The van der Waals surface area contributed by atoms with Crippen LogP contribution in [0.1, 0.15) is 17.8 Å². The quantitative estimate of drug-likeness (QED) is 0.740. The highest BCUT2D eigenvalue weighted by Gasteiger charge is 2.21. The number of hydrogen-bond donors (Lipinski definition) is 2. The van der Waals surface area contributed by atoms with Gasteiger partial charge in [0.15, 0.2) is 10.8 Å². The third-order valence-corrected chi connectivity index (χ3v) is 4.70. The lowest BCUT2D eigenvalue weighted by Crippen LogP contribution is -2.28. The van der Waals surface area contributed by atoms with Crippen LogP contribution in [0.25, 0.3) is 0 Å². The number of sulfonamides is 1. The maximum absolute atomic E-state index is 12.1. The Labute approximate surface area is 124 Å². The number of aryl methyl sites for hydroxylation is 4. The number of aromatic nitrogens is 4. The van der Waals surface area contributed by atoms with E-state index in [2.05, 4.69) is 14.8 Å². The van der Waals surface area contributed by atoms with E-state index in [-0.39, 0.29) is 10.8 Å². The second-order valence-corrected chi connectivity index (χ2v) is 6.63. The lowest BCUT2D eigenvalue weighted by Gasteiger charge is -2.08. The summed E-state index contributed by atoms with van der Waals surface area (Å²) in [6.07, 6.45) is 2.01. The van der Waals surface area contributed by atoms with Crippen LogP contribution in [0, 0.1) is 13.8 Å². The topological polar surface area (TPSA) is 108 Å². The van der Waals surface area contributed by atoms with E-state index in [1.807, 2.05) is 24.6 Å². The molecular formula is C12H20N6O2S. The van der Waals surface area contributed by atoms with E-state index in [0.29, 0.717) is 19.5 Å². The highest BCUT2D eigenvalue weighted by Crippen LogP contribution is 2.14. The number of anilines is 1. The van der Waals surface area contributed by atoms with E-state index in [9.17, 15) is 8.42 Å². The summed E-state index contributed by atoms with van der Waals surface area (Å²) in [7, 11) is -2.05. The Hall–Kier alpha value is -1.87. The van der Waals surface area contributed by atoms with Gasteiger partial charge in [0.05, 0.1) is 12.0 Å². The van der Waals surface area contributed by atoms with Crippen LogP contribution >= 0.6 is 0 Å². The molecule has 2 heterocycles. The summed E-state index contributed by atoms with van der Waals surface area (Å²) < 4.78 is 30.1. The normalized spacial score (nSPS) is 12.0. The zero-order chi connectivity index (χ0) is 15.6. The molecule has 116 valence electrons. The molecular weight excluding hydrogens is 292 g/mol. The number of nitrogens with zero attached hydrogens (tertiary/aromatic N) is 4. The van der Waals surface area contributed by atoms with E-state index in [4.69, 9.17) is 5.73 Å². The lowest BCUT2D eigenvalue weighted by atomic mass is 10.4. The Morgan fingerprint density at radius 2 is 2.10 bits per heavy atom. The molecule has 0 aliphatic rings. The number of imidazole rings is 1. The molecule has 0 aliphatic heterocycles. The fourth-order valence-electron chi connectivity index (χ4n) is 2.17. The van der Waals surface area contributed by atoms with Gasteiger partial charge in [0.2, 0.25) is 0 Å². The fraction of sp³-hybridized carbons (Fsp3) is 0.500. The van der Waals surface area contributed by atoms with Crippen molar-refractivity contribution in [1.82, 2.24) is 24.1 Å². The zero-order valence-corrected chi connectivity index (χ0v) is 13.2. The number of rotatable bonds is 6. The molecule has 0 unspecified atom stereocenters. The van der Waals surface area contributed by atoms with Gasteiger partial charge in [-0.3, -0.25) is 4.68 Å². The molecule has 0 atom stereocenters. The van der Waals surface area contributed by atoms with E-state index >= 15 is 0 Å².